The first-order valence-corrected chi connectivity index (χ1v) is 13.3. The Morgan fingerprint density at radius 2 is 1.65 bits per heavy atom. The smallest absolute Gasteiger partial charge is 0.319 e. The molecule has 202 valence electrons. The van der Waals surface area contributed by atoms with Crippen LogP contribution >= 0.6 is 11.6 Å². The number of nitrogens with zero attached hydrogens (tertiary/aromatic N) is 1. The van der Waals surface area contributed by atoms with E-state index in [2.05, 4.69) is 27.7 Å². The maximum atomic E-state index is 13.0. The Morgan fingerprint density at radius 1 is 1.00 bits per heavy atom. The fourth-order valence-corrected chi connectivity index (χ4v) is 5.88. The van der Waals surface area contributed by atoms with Crippen molar-refractivity contribution in [1.82, 2.24) is 10.2 Å². The van der Waals surface area contributed by atoms with Crippen LogP contribution in [0.5, 0.6) is 17.2 Å². The summed E-state index contributed by atoms with van der Waals surface area (Å²) in [4.78, 5) is 15.5. The molecule has 2 fully saturated rings. The van der Waals surface area contributed by atoms with Crippen LogP contribution < -0.4 is 24.8 Å². The molecule has 2 aliphatic rings. The highest BCUT2D eigenvalue weighted by molar-refractivity contribution is 6.30. The molecule has 9 heteroatoms. The van der Waals surface area contributed by atoms with Gasteiger partial charge in [-0.1, -0.05) is 23.7 Å². The van der Waals surface area contributed by atoms with Crippen molar-refractivity contribution in [2.45, 2.75) is 44.2 Å². The van der Waals surface area contributed by atoms with Crippen LogP contribution in [0.25, 0.3) is 0 Å². The second kappa shape index (κ2) is 12.7. The summed E-state index contributed by atoms with van der Waals surface area (Å²) in [7, 11) is 4.62. The quantitative estimate of drug-likeness (QED) is 0.438. The number of rotatable bonds is 9. The van der Waals surface area contributed by atoms with Crippen molar-refractivity contribution in [3.63, 3.8) is 0 Å². The fourth-order valence-electron chi connectivity index (χ4n) is 5.76. The highest BCUT2D eigenvalue weighted by Crippen LogP contribution is 2.40. The summed E-state index contributed by atoms with van der Waals surface area (Å²) >= 11 is 6.03. The molecule has 1 saturated heterocycles. The number of likely N-dealkylation sites (tertiary alicyclic amines) is 1. The molecule has 0 radical (unpaired) electrons. The molecule has 0 aromatic heterocycles. The second-order valence-corrected chi connectivity index (χ2v) is 10.5. The Kier molecular flexibility index (Phi) is 9.40. The van der Waals surface area contributed by atoms with Gasteiger partial charge in [0.1, 0.15) is 0 Å². The number of hydrogen-bond donors (Lipinski definition) is 3. The predicted molar refractivity (Wildman–Crippen MR) is 145 cm³/mol. The molecule has 2 aromatic rings. The third-order valence-corrected chi connectivity index (χ3v) is 7.93. The molecule has 0 unspecified atom stereocenters. The molecule has 3 N–H and O–H groups in total. The predicted octanol–water partition coefficient (Wildman–Crippen LogP) is 4.58. The molecule has 2 aromatic carbocycles. The van der Waals surface area contributed by atoms with Crippen molar-refractivity contribution >= 4 is 23.3 Å². The van der Waals surface area contributed by atoms with Crippen LogP contribution in [0.4, 0.5) is 10.5 Å². The maximum absolute atomic E-state index is 13.0. The zero-order valence-electron chi connectivity index (χ0n) is 21.8. The van der Waals surface area contributed by atoms with Crippen molar-refractivity contribution in [3.8, 4) is 17.2 Å². The van der Waals surface area contributed by atoms with Gasteiger partial charge in [0, 0.05) is 35.8 Å². The van der Waals surface area contributed by atoms with Gasteiger partial charge < -0.3 is 30.0 Å². The highest BCUT2D eigenvalue weighted by atomic mass is 35.5. The summed E-state index contributed by atoms with van der Waals surface area (Å²) in [6.07, 6.45) is 4.94. The fraction of sp³-hybridized carbons (Fsp3) is 0.536. The summed E-state index contributed by atoms with van der Waals surface area (Å²) in [5, 5.41) is 16.7. The number of benzene rings is 2. The number of hydrogen-bond acceptors (Lipinski definition) is 6. The van der Waals surface area contributed by atoms with Gasteiger partial charge in [0.2, 0.25) is 5.75 Å². The van der Waals surface area contributed by atoms with E-state index < -0.39 is 0 Å². The normalized spacial score (nSPS) is 22.5. The zero-order chi connectivity index (χ0) is 26.4. The number of methoxy groups -OCH3 is 3. The monoisotopic (exact) mass is 531 g/mol. The van der Waals surface area contributed by atoms with E-state index in [1.165, 1.54) is 19.8 Å². The first-order valence-electron chi connectivity index (χ1n) is 12.9. The number of amides is 2. The lowest BCUT2D eigenvalue weighted by Gasteiger charge is -2.38. The summed E-state index contributed by atoms with van der Waals surface area (Å²) < 4.78 is 16.2. The molecule has 0 spiro atoms. The average molecular weight is 532 g/mol. The third kappa shape index (κ3) is 6.80. The van der Waals surface area contributed by atoms with Crippen molar-refractivity contribution in [2.24, 2.45) is 11.8 Å². The molecule has 3 atom stereocenters. The van der Waals surface area contributed by atoms with Gasteiger partial charge in [-0.05, 0) is 74.7 Å². The van der Waals surface area contributed by atoms with E-state index in [0.29, 0.717) is 28.9 Å². The lowest BCUT2D eigenvalue weighted by Crippen LogP contribution is -2.52. The Hall–Kier alpha value is -2.68. The van der Waals surface area contributed by atoms with Gasteiger partial charge in [-0.15, -0.1) is 0 Å². The van der Waals surface area contributed by atoms with Gasteiger partial charge in [0.15, 0.2) is 11.5 Å². The molecule has 37 heavy (non-hydrogen) atoms. The van der Waals surface area contributed by atoms with E-state index in [1.54, 1.807) is 19.2 Å². The third-order valence-electron chi connectivity index (χ3n) is 7.68. The van der Waals surface area contributed by atoms with Crippen LogP contribution in [0, 0.1) is 11.8 Å². The lowest BCUT2D eigenvalue weighted by atomic mass is 9.89. The topological polar surface area (TPSA) is 92.3 Å². The number of carbonyl (C=O) groups is 1. The molecular formula is C28H38ClN3O5. The minimum Gasteiger partial charge on any atom is -0.493 e. The number of anilines is 1. The van der Waals surface area contributed by atoms with Gasteiger partial charge in [-0.2, -0.15) is 0 Å². The van der Waals surface area contributed by atoms with Crippen LogP contribution in [-0.4, -0.2) is 69.1 Å². The molecule has 0 bridgehead atoms. The first-order chi connectivity index (χ1) is 17.9. The number of halogens is 1. The van der Waals surface area contributed by atoms with Gasteiger partial charge in [-0.3, -0.25) is 4.90 Å². The van der Waals surface area contributed by atoms with Gasteiger partial charge in [-0.25, -0.2) is 4.79 Å². The molecule has 1 heterocycles. The van der Waals surface area contributed by atoms with E-state index >= 15 is 0 Å². The number of aliphatic hydroxyl groups excluding tert-OH is 1. The SMILES string of the molecule is COc1cc(NC(=O)N[C@@H]2C[C@H](CO)C[C@@H]2N2CCC(Cc3ccc(Cl)cc3)CC2)cc(OC)c1OC. The van der Waals surface area contributed by atoms with Crippen LogP contribution in [0.1, 0.15) is 31.2 Å². The number of piperidine rings is 1. The van der Waals surface area contributed by atoms with Crippen molar-refractivity contribution in [2.75, 3.05) is 46.3 Å². The van der Waals surface area contributed by atoms with Gasteiger partial charge >= 0.3 is 6.03 Å². The van der Waals surface area contributed by atoms with Crippen molar-refractivity contribution in [1.29, 1.82) is 0 Å². The van der Waals surface area contributed by atoms with Gasteiger partial charge in [0.05, 0.1) is 27.0 Å². The first kappa shape index (κ1) is 27.4. The minimum absolute atomic E-state index is 0.0352. The van der Waals surface area contributed by atoms with Crippen molar-refractivity contribution in [3.05, 3.63) is 47.0 Å². The Morgan fingerprint density at radius 3 is 2.22 bits per heavy atom. The second-order valence-electron chi connectivity index (χ2n) is 10.0. The van der Waals surface area contributed by atoms with Gasteiger partial charge in [0.25, 0.3) is 0 Å². The molecule has 1 saturated carbocycles. The zero-order valence-corrected chi connectivity index (χ0v) is 22.6. The largest absolute Gasteiger partial charge is 0.493 e. The van der Waals surface area contributed by atoms with Crippen LogP contribution in [0.15, 0.2) is 36.4 Å². The summed E-state index contributed by atoms with van der Waals surface area (Å²) in [5.41, 5.74) is 1.87. The average Bonchev–Trinajstić information content (AvgIpc) is 3.32. The summed E-state index contributed by atoms with van der Waals surface area (Å²) in [6, 6.07) is 11.4. The van der Waals surface area contributed by atoms with Crippen molar-refractivity contribution < 1.29 is 24.1 Å². The maximum Gasteiger partial charge on any atom is 0.319 e. The number of urea groups is 1. The molecule has 2 amide bonds. The molecule has 8 nitrogen and oxygen atoms in total. The van der Waals surface area contributed by atoms with E-state index in [1.807, 2.05) is 12.1 Å². The number of aliphatic hydroxyl groups is 1. The molecular weight excluding hydrogens is 494 g/mol. The number of carbonyl (C=O) groups excluding carboxylic acids is 1. The number of ether oxygens (including phenoxy) is 3. The Balaban J connectivity index is 1.36. The standard InChI is InChI=1S/C28H38ClN3O5/c1-35-25-15-22(16-26(36-2)27(25)37-3)30-28(34)31-23-13-20(17-33)14-24(23)32-10-8-19(9-11-32)12-18-4-6-21(29)7-5-18/h4-7,15-16,19-20,23-24,33H,8-14,17H2,1-3H3,(H2,30,31,34)/t20-,23+,24-/m0/s1. The molecule has 1 aliphatic carbocycles. The van der Waals surface area contributed by atoms with E-state index in [-0.39, 0.29) is 30.6 Å². The van der Waals surface area contributed by atoms with E-state index in [0.717, 1.165) is 50.2 Å². The van der Waals surface area contributed by atoms with E-state index in [9.17, 15) is 9.90 Å². The Labute approximate surface area is 224 Å². The molecule has 1 aliphatic heterocycles. The van der Waals surface area contributed by atoms with Crippen LogP contribution in [-0.2, 0) is 6.42 Å². The van der Waals surface area contributed by atoms with E-state index in [4.69, 9.17) is 25.8 Å². The Bertz CT molecular complexity index is 1020. The lowest BCUT2D eigenvalue weighted by molar-refractivity contribution is 0.115. The minimum atomic E-state index is -0.291. The summed E-state index contributed by atoms with van der Waals surface area (Å²) in [5.74, 6) is 2.23. The summed E-state index contributed by atoms with van der Waals surface area (Å²) in [6.45, 7) is 2.12. The van der Waals surface area contributed by atoms with Crippen LogP contribution in [0.2, 0.25) is 5.02 Å². The number of nitrogens with one attached hydrogen (secondary N) is 2. The molecule has 4 rings (SSSR count). The van der Waals surface area contributed by atoms with Crippen LogP contribution in [0.3, 0.4) is 0 Å². The highest BCUT2D eigenvalue weighted by Gasteiger charge is 2.39.